The Bertz CT molecular complexity index is 631. The summed E-state index contributed by atoms with van der Waals surface area (Å²) in [6.07, 6.45) is 4.96. The summed E-state index contributed by atoms with van der Waals surface area (Å²) in [7, 11) is -2.93. The number of rotatable bonds is 6. The van der Waals surface area contributed by atoms with Gasteiger partial charge < -0.3 is 4.98 Å². The normalized spacial score (nSPS) is 28.1. The van der Waals surface area contributed by atoms with Crippen LogP contribution in [0.15, 0.2) is 6.33 Å². The van der Waals surface area contributed by atoms with E-state index in [1.807, 2.05) is 18.7 Å². The molecular formula is C15H26N4O2S2. The van der Waals surface area contributed by atoms with Gasteiger partial charge in [0.1, 0.15) is 0 Å². The fourth-order valence-corrected chi connectivity index (χ4v) is 6.18. The Morgan fingerprint density at radius 3 is 2.65 bits per heavy atom. The van der Waals surface area contributed by atoms with Gasteiger partial charge in [-0.05, 0) is 31.9 Å². The standard InChI is InChI=1S/C15H26N4O2S2/c1-12-13(17-11-16-12)8-19-6-5-18(4-3-7-22-2)14-9-23(20,21)10-15(14)19/h11,14-15H,3-10H2,1-2H3,(H,16,17)/t14-,15+/m1/s1. The third kappa shape index (κ3) is 3.92. The first-order chi connectivity index (χ1) is 11.0. The van der Waals surface area contributed by atoms with E-state index in [1.165, 1.54) is 0 Å². The number of imidazole rings is 1. The number of hydrogen-bond donors (Lipinski definition) is 1. The fourth-order valence-electron chi connectivity index (χ4n) is 3.72. The Balaban J connectivity index is 1.71. The van der Waals surface area contributed by atoms with Crippen LogP contribution in [0.5, 0.6) is 0 Å². The molecule has 2 aliphatic rings. The molecule has 130 valence electrons. The van der Waals surface area contributed by atoms with E-state index in [1.54, 1.807) is 6.33 Å². The van der Waals surface area contributed by atoms with Gasteiger partial charge in [0.25, 0.3) is 0 Å². The van der Waals surface area contributed by atoms with Crippen molar-refractivity contribution >= 4 is 21.6 Å². The molecule has 23 heavy (non-hydrogen) atoms. The van der Waals surface area contributed by atoms with Crippen LogP contribution in [0.4, 0.5) is 0 Å². The summed E-state index contributed by atoms with van der Waals surface area (Å²) in [5.74, 6) is 1.74. The number of thioether (sulfide) groups is 1. The summed E-state index contributed by atoms with van der Waals surface area (Å²) in [5.41, 5.74) is 2.11. The van der Waals surface area contributed by atoms with Crippen molar-refractivity contribution in [2.45, 2.75) is 32.0 Å². The molecule has 0 amide bonds. The summed E-state index contributed by atoms with van der Waals surface area (Å²) in [6.45, 7) is 5.64. The second-order valence-corrected chi connectivity index (χ2v) is 9.68. The van der Waals surface area contributed by atoms with E-state index in [9.17, 15) is 8.42 Å². The summed E-state index contributed by atoms with van der Waals surface area (Å²) < 4.78 is 24.4. The van der Waals surface area contributed by atoms with Crippen molar-refractivity contribution in [3.8, 4) is 0 Å². The quantitative estimate of drug-likeness (QED) is 0.757. The molecule has 0 aromatic carbocycles. The molecule has 6 nitrogen and oxygen atoms in total. The number of aromatic nitrogens is 2. The smallest absolute Gasteiger partial charge is 0.153 e. The van der Waals surface area contributed by atoms with Crippen LogP contribution in [0.3, 0.4) is 0 Å². The highest BCUT2D eigenvalue weighted by Crippen LogP contribution is 2.28. The second-order valence-electron chi connectivity index (χ2n) is 6.54. The first-order valence-corrected chi connectivity index (χ1v) is 11.4. The summed E-state index contributed by atoms with van der Waals surface area (Å²) >= 11 is 1.85. The predicted molar refractivity (Wildman–Crippen MR) is 94.5 cm³/mol. The molecule has 0 spiro atoms. The zero-order valence-electron chi connectivity index (χ0n) is 13.9. The van der Waals surface area contributed by atoms with Gasteiger partial charge in [-0.25, -0.2) is 13.4 Å². The van der Waals surface area contributed by atoms with Crippen molar-refractivity contribution in [2.75, 3.05) is 43.1 Å². The van der Waals surface area contributed by atoms with E-state index < -0.39 is 9.84 Å². The van der Waals surface area contributed by atoms with Crippen LogP contribution in [0.25, 0.3) is 0 Å². The topological polar surface area (TPSA) is 69.3 Å². The average Bonchev–Trinajstić information content (AvgIpc) is 3.04. The largest absolute Gasteiger partial charge is 0.348 e. The molecule has 2 aliphatic heterocycles. The third-order valence-electron chi connectivity index (χ3n) is 4.99. The Morgan fingerprint density at radius 1 is 1.30 bits per heavy atom. The van der Waals surface area contributed by atoms with Gasteiger partial charge in [-0.15, -0.1) is 0 Å². The van der Waals surface area contributed by atoms with Crippen molar-refractivity contribution in [3.05, 3.63) is 17.7 Å². The molecule has 0 saturated carbocycles. The Labute approximate surface area is 142 Å². The Morgan fingerprint density at radius 2 is 2.00 bits per heavy atom. The van der Waals surface area contributed by atoms with Gasteiger partial charge >= 0.3 is 0 Å². The molecule has 1 aromatic heterocycles. The van der Waals surface area contributed by atoms with Crippen LogP contribution in [0.1, 0.15) is 17.8 Å². The molecule has 8 heteroatoms. The SMILES string of the molecule is CSCCCN1CCN(Cc2nc[nH]c2C)[C@H]2CS(=O)(=O)C[C@H]21. The maximum atomic E-state index is 12.2. The maximum Gasteiger partial charge on any atom is 0.153 e. The molecule has 2 saturated heterocycles. The second kappa shape index (κ2) is 7.13. The Hall–Kier alpha value is -0.570. The van der Waals surface area contributed by atoms with Crippen molar-refractivity contribution < 1.29 is 8.42 Å². The molecule has 2 fully saturated rings. The van der Waals surface area contributed by atoms with Gasteiger partial charge in [0.2, 0.25) is 0 Å². The van der Waals surface area contributed by atoms with E-state index in [2.05, 4.69) is 26.0 Å². The van der Waals surface area contributed by atoms with Crippen molar-refractivity contribution in [1.82, 2.24) is 19.8 Å². The van der Waals surface area contributed by atoms with Crippen molar-refractivity contribution in [2.24, 2.45) is 0 Å². The number of aromatic amines is 1. The van der Waals surface area contributed by atoms with Gasteiger partial charge in [-0.1, -0.05) is 0 Å². The van der Waals surface area contributed by atoms with Gasteiger partial charge in [0, 0.05) is 37.4 Å². The molecular weight excluding hydrogens is 332 g/mol. The van der Waals surface area contributed by atoms with Gasteiger partial charge in [-0.2, -0.15) is 11.8 Å². The number of nitrogens with zero attached hydrogens (tertiary/aromatic N) is 3. The van der Waals surface area contributed by atoms with E-state index >= 15 is 0 Å². The van der Waals surface area contributed by atoms with Crippen molar-refractivity contribution in [3.63, 3.8) is 0 Å². The minimum absolute atomic E-state index is 0.110. The highest BCUT2D eigenvalue weighted by atomic mass is 32.2. The maximum absolute atomic E-state index is 12.2. The van der Waals surface area contributed by atoms with Crippen LogP contribution < -0.4 is 0 Å². The molecule has 0 bridgehead atoms. The van der Waals surface area contributed by atoms with Crippen LogP contribution in [-0.4, -0.2) is 83.4 Å². The first-order valence-electron chi connectivity index (χ1n) is 8.16. The molecule has 0 unspecified atom stereocenters. The van der Waals surface area contributed by atoms with Crippen molar-refractivity contribution in [1.29, 1.82) is 0 Å². The van der Waals surface area contributed by atoms with E-state index in [-0.39, 0.29) is 12.1 Å². The summed E-state index contributed by atoms with van der Waals surface area (Å²) in [6, 6.07) is 0.258. The lowest BCUT2D eigenvalue weighted by Crippen LogP contribution is -2.58. The number of aryl methyl sites for hydroxylation is 1. The summed E-state index contributed by atoms with van der Waals surface area (Å²) in [4.78, 5) is 12.2. The van der Waals surface area contributed by atoms with Crippen LogP contribution in [0.2, 0.25) is 0 Å². The van der Waals surface area contributed by atoms with Gasteiger partial charge in [0.15, 0.2) is 9.84 Å². The average molecular weight is 359 g/mol. The zero-order chi connectivity index (χ0) is 16.4. The third-order valence-corrected chi connectivity index (χ3v) is 7.38. The van der Waals surface area contributed by atoms with E-state index in [4.69, 9.17) is 0 Å². The number of sulfone groups is 1. The molecule has 0 aliphatic carbocycles. The number of hydrogen-bond acceptors (Lipinski definition) is 6. The lowest BCUT2D eigenvalue weighted by molar-refractivity contribution is 0.0399. The molecule has 1 aromatic rings. The summed E-state index contributed by atoms with van der Waals surface area (Å²) in [5, 5.41) is 0. The minimum atomic E-state index is -2.93. The van der Waals surface area contributed by atoms with Crippen LogP contribution in [0, 0.1) is 6.92 Å². The van der Waals surface area contributed by atoms with Gasteiger partial charge in [-0.3, -0.25) is 9.80 Å². The Kier molecular flexibility index (Phi) is 5.35. The lowest BCUT2D eigenvalue weighted by Gasteiger charge is -2.43. The highest BCUT2D eigenvalue weighted by molar-refractivity contribution is 7.98. The first kappa shape index (κ1) is 17.3. The van der Waals surface area contributed by atoms with E-state index in [0.29, 0.717) is 11.5 Å². The molecule has 3 rings (SSSR count). The zero-order valence-corrected chi connectivity index (χ0v) is 15.5. The lowest BCUT2D eigenvalue weighted by atomic mass is 10.0. The molecule has 0 radical (unpaired) electrons. The number of piperazine rings is 1. The number of fused-ring (bicyclic) bond motifs is 1. The minimum Gasteiger partial charge on any atom is -0.348 e. The van der Waals surface area contributed by atoms with Crippen LogP contribution in [-0.2, 0) is 16.4 Å². The highest BCUT2D eigenvalue weighted by Gasteiger charge is 2.46. The fraction of sp³-hybridized carbons (Fsp3) is 0.800. The monoisotopic (exact) mass is 358 g/mol. The van der Waals surface area contributed by atoms with Crippen LogP contribution >= 0.6 is 11.8 Å². The molecule has 1 N–H and O–H groups in total. The molecule has 2 atom stereocenters. The predicted octanol–water partition coefficient (Wildman–Crippen LogP) is 0.754. The number of nitrogens with one attached hydrogen (secondary N) is 1. The van der Waals surface area contributed by atoms with Gasteiger partial charge in [0.05, 0.1) is 23.5 Å². The number of H-pyrrole nitrogens is 1. The molecule has 3 heterocycles. The van der Waals surface area contributed by atoms with E-state index in [0.717, 1.165) is 49.7 Å².